The quantitative estimate of drug-likeness (QED) is 0.787. The van der Waals surface area contributed by atoms with Crippen LogP contribution < -0.4 is 5.32 Å². The van der Waals surface area contributed by atoms with E-state index >= 15 is 0 Å². The zero-order valence-electron chi connectivity index (χ0n) is 15.0. The van der Waals surface area contributed by atoms with Gasteiger partial charge in [-0.15, -0.1) is 0 Å². The van der Waals surface area contributed by atoms with Crippen LogP contribution in [0.4, 0.5) is 0 Å². The Morgan fingerprint density at radius 3 is 2.58 bits per heavy atom. The van der Waals surface area contributed by atoms with Crippen LogP contribution in [0.25, 0.3) is 0 Å². The summed E-state index contributed by atoms with van der Waals surface area (Å²) < 4.78 is 0. The van der Waals surface area contributed by atoms with Crippen molar-refractivity contribution in [1.82, 2.24) is 20.1 Å². The number of nitrogens with zero attached hydrogens (tertiary/aromatic N) is 3. The van der Waals surface area contributed by atoms with Gasteiger partial charge in [-0.3, -0.25) is 19.4 Å². The summed E-state index contributed by atoms with van der Waals surface area (Å²) in [6.45, 7) is 3.07. The molecular weight excluding hydrogens is 332 g/mol. The van der Waals surface area contributed by atoms with E-state index in [4.69, 9.17) is 0 Å². The molecule has 0 aliphatic carbocycles. The van der Waals surface area contributed by atoms with Crippen LogP contribution in [0.5, 0.6) is 0 Å². The second-order valence-electron chi connectivity index (χ2n) is 6.99. The Morgan fingerprint density at radius 2 is 1.85 bits per heavy atom. The molecule has 1 N–H and O–H groups in total. The highest BCUT2D eigenvalue weighted by Crippen LogP contribution is 2.19. The fourth-order valence-electron chi connectivity index (χ4n) is 3.57. The topological polar surface area (TPSA) is 82.6 Å². The number of rotatable bonds is 7. The maximum atomic E-state index is 12.4. The fraction of sp³-hybridized carbons (Fsp3) is 0.579. The molecule has 0 bridgehead atoms. The number of piperidine rings is 1. The van der Waals surface area contributed by atoms with Gasteiger partial charge in [0.25, 0.3) is 0 Å². The van der Waals surface area contributed by atoms with E-state index in [0.29, 0.717) is 45.4 Å². The first-order chi connectivity index (χ1) is 12.6. The smallest absolute Gasteiger partial charge is 0.225 e. The van der Waals surface area contributed by atoms with Gasteiger partial charge < -0.3 is 15.1 Å². The van der Waals surface area contributed by atoms with Crippen molar-refractivity contribution in [3.63, 3.8) is 0 Å². The Morgan fingerprint density at radius 1 is 1.12 bits per heavy atom. The lowest BCUT2D eigenvalue weighted by molar-refractivity contribution is -0.138. The Kier molecular flexibility index (Phi) is 6.20. The minimum Gasteiger partial charge on any atom is -0.352 e. The summed E-state index contributed by atoms with van der Waals surface area (Å²) in [6, 6.07) is 3.74. The molecule has 3 rings (SSSR count). The van der Waals surface area contributed by atoms with Crippen LogP contribution in [0.2, 0.25) is 0 Å². The molecular formula is C19H26N4O3. The van der Waals surface area contributed by atoms with Crippen LogP contribution >= 0.6 is 0 Å². The van der Waals surface area contributed by atoms with Crippen molar-refractivity contribution < 1.29 is 14.4 Å². The van der Waals surface area contributed by atoms with Crippen LogP contribution in [0, 0.1) is 5.92 Å². The molecule has 7 heteroatoms. The number of pyridine rings is 1. The van der Waals surface area contributed by atoms with Gasteiger partial charge in [0.1, 0.15) is 0 Å². The molecule has 2 aliphatic heterocycles. The van der Waals surface area contributed by atoms with E-state index in [1.54, 1.807) is 17.3 Å². The van der Waals surface area contributed by atoms with E-state index in [2.05, 4.69) is 10.3 Å². The molecule has 3 amide bonds. The van der Waals surface area contributed by atoms with E-state index in [9.17, 15) is 14.4 Å². The summed E-state index contributed by atoms with van der Waals surface area (Å²) >= 11 is 0. The molecule has 7 nitrogen and oxygen atoms in total. The van der Waals surface area contributed by atoms with Crippen molar-refractivity contribution in [3.05, 3.63) is 30.1 Å². The van der Waals surface area contributed by atoms with E-state index in [-0.39, 0.29) is 23.6 Å². The molecule has 1 aromatic rings. The van der Waals surface area contributed by atoms with Gasteiger partial charge in [-0.05, 0) is 37.0 Å². The van der Waals surface area contributed by atoms with Gasteiger partial charge in [-0.2, -0.15) is 0 Å². The van der Waals surface area contributed by atoms with Crippen LogP contribution in [0.1, 0.15) is 37.7 Å². The number of nitrogens with one attached hydrogen (secondary N) is 1. The lowest BCUT2D eigenvalue weighted by Crippen LogP contribution is -2.46. The molecule has 3 heterocycles. The van der Waals surface area contributed by atoms with Crippen molar-refractivity contribution in [2.24, 2.45) is 5.92 Å². The van der Waals surface area contributed by atoms with E-state index in [1.165, 1.54) is 0 Å². The van der Waals surface area contributed by atoms with Crippen molar-refractivity contribution in [1.29, 1.82) is 0 Å². The Balaban J connectivity index is 1.43. The first kappa shape index (κ1) is 18.4. The molecule has 0 aromatic carbocycles. The predicted octanol–water partition coefficient (Wildman–Crippen LogP) is 0.949. The van der Waals surface area contributed by atoms with Gasteiger partial charge >= 0.3 is 0 Å². The van der Waals surface area contributed by atoms with Crippen molar-refractivity contribution >= 4 is 17.7 Å². The third-order valence-electron chi connectivity index (χ3n) is 5.11. The number of hydrogen-bond donors (Lipinski definition) is 1. The Bertz CT molecular complexity index is 649. The molecule has 0 spiro atoms. The van der Waals surface area contributed by atoms with E-state index in [1.807, 2.05) is 17.0 Å². The normalized spacial score (nSPS) is 20.5. The number of aromatic nitrogens is 1. The predicted molar refractivity (Wildman–Crippen MR) is 95.8 cm³/mol. The summed E-state index contributed by atoms with van der Waals surface area (Å²) in [4.78, 5) is 43.8. The van der Waals surface area contributed by atoms with Crippen LogP contribution in [0.15, 0.2) is 24.5 Å². The molecule has 1 aromatic heterocycles. The van der Waals surface area contributed by atoms with E-state index < -0.39 is 0 Å². The molecule has 140 valence electrons. The second kappa shape index (κ2) is 8.78. The summed E-state index contributed by atoms with van der Waals surface area (Å²) in [5.74, 6) is 0.149. The maximum absolute atomic E-state index is 12.4. The number of carbonyl (C=O) groups is 3. The van der Waals surface area contributed by atoms with E-state index in [0.717, 1.165) is 24.9 Å². The maximum Gasteiger partial charge on any atom is 0.225 e. The molecule has 0 saturated carbocycles. The lowest BCUT2D eigenvalue weighted by Gasteiger charge is -2.32. The number of amides is 3. The molecule has 0 unspecified atom stereocenters. The molecule has 26 heavy (non-hydrogen) atoms. The van der Waals surface area contributed by atoms with Crippen molar-refractivity contribution in [3.8, 4) is 0 Å². The highest BCUT2D eigenvalue weighted by atomic mass is 16.2. The standard InChI is InChI=1S/C19H26N4O3/c24-17-3-1-10-22(17)11-2-12-23-14-16(4-5-18(23)25)19(26)21-13-15-6-8-20-9-7-15/h6-9,16H,1-5,10-14H2,(H,21,26)/t16-/m0/s1. The Labute approximate surface area is 153 Å². The largest absolute Gasteiger partial charge is 0.352 e. The van der Waals surface area contributed by atoms with Crippen LogP contribution in [-0.2, 0) is 20.9 Å². The number of hydrogen-bond acceptors (Lipinski definition) is 4. The summed E-state index contributed by atoms with van der Waals surface area (Å²) in [7, 11) is 0. The third kappa shape index (κ3) is 4.80. The highest BCUT2D eigenvalue weighted by Gasteiger charge is 2.30. The van der Waals surface area contributed by atoms with Crippen LogP contribution in [-0.4, -0.2) is 58.7 Å². The zero-order chi connectivity index (χ0) is 18.4. The molecule has 1 atom stereocenters. The van der Waals surface area contributed by atoms with Crippen molar-refractivity contribution in [2.75, 3.05) is 26.2 Å². The zero-order valence-corrected chi connectivity index (χ0v) is 15.0. The second-order valence-corrected chi connectivity index (χ2v) is 6.99. The van der Waals surface area contributed by atoms with Gasteiger partial charge in [0.2, 0.25) is 17.7 Å². The number of likely N-dealkylation sites (tertiary alicyclic amines) is 2. The first-order valence-corrected chi connectivity index (χ1v) is 9.35. The van der Waals surface area contributed by atoms with Gasteiger partial charge in [0.05, 0.1) is 5.92 Å². The highest BCUT2D eigenvalue weighted by molar-refractivity contribution is 5.83. The van der Waals surface area contributed by atoms with Gasteiger partial charge in [-0.1, -0.05) is 0 Å². The minimum absolute atomic E-state index is 0.00553. The average molecular weight is 358 g/mol. The van der Waals surface area contributed by atoms with Gasteiger partial charge in [0, 0.05) is 58.0 Å². The molecule has 0 radical (unpaired) electrons. The first-order valence-electron chi connectivity index (χ1n) is 9.35. The number of carbonyl (C=O) groups excluding carboxylic acids is 3. The lowest BCUT2D eigenvalue weighted by atomic mass is 9.96. The fourth-order valence-corrected chi connectivity index (χ4v) is 3.57. The summed E-state index contributed by atoms with van der Waals surface area (Å²) in [5.41, 5.74) is 1.01. The van der Waals surface area contributed by atoms with Crippen molar-refractivity contribution in [2.45, 2.75) is 38.6 Å². The average Bonchev–Trinajstić information content (AvgIpc) is 3.07. The Hall–Kier alpha value is -2.44. The molecule has 2 saturated heterocycles. The third-order valence-corrected chi connectivity index (χ3v) is 5.11. The monoisotopic (exact) mass is 358 g/mol. The molecule has 2 fully saturated rings. The SMILES string of the molecule is O=C(NCc1ccncc1)[C@H]1CCC(=O)N(CCCN2CCCC2=O)C1. The van der Waals surface area contributed by atoms with Crippen LogP contribution in [0.3, 0.4) is 0 Å². The van der Waals surface area contributed by atoms with Gasteiger partial charge in [0.15, 0.2) is 0 Å². The molecule has 2 aliphatic rings. The van der Waals surface area contributed by atoms with Gasteiger partial charge in [-0.25, -0.2) is 0 Å². The summed E-state index contributed by atoms with van der Waals surface area (Å²) in [6.07, 6.45) is 6.76. The summed E-state index contributed by atoms with van der Waals surface area (Å²) in [5, 5.41) is 2.95. The minimum atomic E-state index is -0.164.